The lowest BCUT2D eigenvalue weighted by molar-refractivity contribution is -0.135. The van der Waals surface area contributed by atoms with Gasteiger partial charge in [-0.15, -0.1) is 0 Å². The summed E-state index contributed by atoms with van der Waals surface area (Å²) in [6.07, 6.45) is 12.5. The molecule has 0 atom stereocenters. The maximum absolute atomic E-state index is 13.9. The van der Waals surface area contributed by atoms with Crippen LogP contribution >= 0.6 is 11.8 Å². The largest absolute Gasteiger partial charge is 0.337 e. The summed E-state index contributed by atoms with van der Waals surface area (Å²) in [5, 5.41) is 0. The highest BCUT2D eigenvalue weighted by molar-refractivity contribution is 8.06. The third-order valence-electron chi connectivity index (χ3n) is 7.38. The molecule has 0 unspecified atom stereocenters. The third-order valence-corrected chi connectivity index (χ3v) is 8.51. The van der Waals surface area contributed by atoms with Gasteiger partial charge in [-0.25, -0.2) is 0 Å². The molecule has 2 aliphatic rings. The predicted octanol–water partition coefficient (Wildman–Crippen LogP) is 8.74. The zero-order valence-electron chi connectivity index (χ0n) is 22.5. The van der Waals surface area contributed by atoms with Crippen molar-refractivity contribution in [3.05, 3.63) is 93.3 Å². The average molecular weight is 490 g/mol. The molecule has 1 aromatic rings. The Morgan fingerprint density at radius 1 is 1.14 bits per heavy atom. The summed E-state index contributed by atoms with van der Waals surface area (Å²) in [4.78, 5) is 18.3. The first-order valence-electron chi connectivity index (χ1n) is 13.0. The van der Waals surface area contributed by atoms with Crippen molar-refractivity contribution < 1.29 is 4.79 Å². The molecule has 2 fully saturated rings. The summed E-state index contributed by atoms with van der Waals surface area (Å²) in [7, 11) is 0. The highest BCUT2D eigenvalue weighted by Crippen LogP contribution is 2.53. The molecule has 0 spiro atoms. The fourth-order valence-electron chi connectivity index (χ4n) is 4.40. The summed E-state index contributed by atoms with van der Waals surface area (Å²) in [5.41, 5.74) is 6.09. The zero-order chi connectivity index (χ0) is 25.6. The van der Waals surface area contributed by atoms with Crippen LogP contribution in [0.2, 0.25) is 0 Å². The Morgan fingerprint density at radius 3 is 2.46 bits per heavy atom. The van der Waals surface area contributed by atoms with E-state index in [-0.39, 0.29) is 11.3 Å². The molecule has 0 N–H and O–H groups in total. The highest BCUT2D eigenvalue weighted by atomic mass is 32.2. The molecule has 0 aliphatic heterocycles. The maximum Gasteiger partial charge on any atom is 0.233 e. The van der Waals surface area contributed by atoms with Crippen LogP contribution in [0, 0.1) is 5.41 Å². The molecule has 188 valence electrons. The number of thioether (sulfide) groups is 1. The first kappa shape index (κ1) is 27.3. The molecule has 3 rings (SSSR count). The van der Waals surface area contributed by atoms with E-state index in [1.807, 2.05) is 13.0 Å². The van der Waals surface area contributed by atoms with E-state index < -0.39 is 0 Å². The van der Waals surface area contributed by atoms with Gasteiger partial charge in [0.1, 0.15) is 0 Å². The van der Waals surface area contributed by atoms with Gasteiger partial charge in [0.25, 0.3) is 0 Å². The zero-order valence-corrected chi connectivity index (χ0v) is 23.3. The molecule has 0 heterocycles. The molecule has 2 aliphatic carbocycles. The van der Waals surface area contributed by atoms with E-state index in [0.717, 1.165) is 54.2 Å². The van der Waals surface area contributed by atoms with Crippen LogP contribution < -0.4 is 0 Å². The first-order chi connectivity index (χ1) is 16.7. The molecule has 1 aromatic carbocycles. The van der Waals surface area contributed by atoms with Gasteiger partial charge in [-0.3, -0.25) is 4.79 Å². The van der Waals surface area contributed by atoms with Crippen LogP contribution in [0.3, 0.4) is 0 Å². The molecule has 2 saturated carbocycles. The lowest BCUT2D eigenvalue weighted by atomic mass is 9.94. The third kappa shape index (κ3) is 7.61. The lowest BCUT2D eigenvalue weighted by Gasteiger charge is -2.29. The van der Waals surface area contributed by atoms with Gasteiger partial charge in [-0.2, -0.15) is 0 Å². The van der Waals surface area contributed by atoms with Crippen LogP contribution in [0.5, 0.6) is 0 Å². The van der Waals surface area contributed by atoms with Crippen LogP contribution in [-0.2, 0) is 11.2 Å². The van der Waals surface area contributed by atoms with Gasteiger partial charge in [-0.1, -0.05) is 84.1 Å². The molecular formula is C32H43NOS. The van der Waals surface area contributed by atoms with Crippen LogP contribution in [0.25, 0.3) is 0 Å². The van der Waals surface area contributed by atoms with Gasteiger partial charge in [0.2, 0.25) is 5.91 Å². The second-order valence-electron chi connectivity index (χ2n) is 10.6. The Kier molecular flexibility index (Phi) is 9.47. The van der Waals surface area contributed by atoms with E-state index in [4.69, 9.17) is 0 Å². The number of aryl methyl sites for hydroxylation is 1. The molecule has 3 heteroatoms. The van der Waals surface area contributed by atoms with Crippen molar-refractivity contribution in [1.82, 2.24) is 4.90 Å². The molecule has 0 radical (unpaired) electrons. The summed E-state index contributed by atoms with van der Waals surface area (Å²) < 4.78 is 0. The Balaban J connectivity index is 1.72. The monoisotopic (exact) mass is 489 g/mol. The number of benzene rings is 1. The minimum Gasteiger partial charge on any atom is -0.337 e. The number of nitrogens with zero attached hydrogens (tertiary/aromatic N) is 1. The van der Waals surface area contributed by atoms with Crippen molar-refractivity contribution in [3.63, 3.8) is 0 Å². The Hall–Kier alpha value is -2.26. The number of hydrogen-bond donors (Lipinski definition) is 0. The average Bonchev–Trinajstić information content (AvgIpc) is 3.75. The van der Waals surface area contributed by atoms with Crippen LogP contribution in [0.1, 0.15) is 83.8 Å². The van der Waals surface area contributed by atoms with Gasteiger partial charge >= 0.3 is 0 Å². The summed E-state index contributed by atoms with van der Waals surface area (Å²) in [6, 6.07) is 9.06. The fraction of sp³-hybridized carbons (Fsp3) is 0.469. The molecule has 0 saturated heterocycles. The van der Waals surface area contributed by atoms with Gasteiger partial charge < -0.3 is 4.90 Å². The lowest BCUT2D eigenvalue weighted by Crippen LogP contribution is -2.39. The topological polar surface area (TPSA) is 20.3 Å². The molecule has 2 nitrogen and oxygen atoms in total. The van der Waals surface area contributed by atoms with Gasteiger partial charge in [0, 0.05) is 11.4 Å². The second-order valence-corrected chi connectivity index (χ2v) is 12.0. The van der Waals surface area contributed by atoms with Crippen molar-refractivity contribution in [2.45, 2.75) is 79.1 Å². The van der Waals surface area contributed by atoms with E-state index in [0.29, 0.717) is 6.54 Å². The quantitative estimate of drug-likeness (QED) is 0.258. The van der Waals surface area contributed by atoms with Gasteiger partial charge in [-0.05, 0) is 95.1 Å². The van der Waals surface area contributed by atoms with Crippen molar-refractivity contribution >= 4 is 17.7 Å². The molecule has 35 heavy (non-hydrogen) atoms. The van der Waals surface area contributed by atoms with Crippen LogP contribution in [0.4, 0.5) is 0 Å². The number of carbonyl (C=O) groups excluding carboxylic acids is 1. The smallest absolute Gasteiger partial charge is 0.233 e. The standard InChI is InChI=1S/C32H43NOS/c1-8-24(4)14-15-25(5)32(18-19-32)31(34)33(22-26(6)35-27(7)23(2)3)20-10-12-28-11-9-13-30(21-28)29-16-17-29/h8-9,11,13-15,21,29H,1,6,10,12,16-20,22H2,2-5,7H3/b24-14-,25-15+. The van der Waals surface area contributed by atoms with Gasteiger partial charge in [0.15, 0.2) is 0 Å². The van der Waals surface area contributed by atoms with Crippen molar-refractivity contribution in [3.8, 4) is 0 Å². The van der Waals surface area contributed by atoms with Crippen LogP contribution in [-0.4, -0.2) is 23.9 Å². The summed E-state index contributed by atoms with van der Waals surface area (Å²) in [6.45, 7) is 20.1. The summed E-state index contributed by atoms with van der Waals surface area (Å²) >= 11 is 1.71. The highest BCUT2D eigenvalue weighted by Gasteiger charge is 2.52. The molecule has 0 aromatic heterocycles. The number of hydrogen-bond acceptors (Lipinski definition) is 2. The molecule has 0 bridgehead atoms. The number of amides is 1. The van der Waals surface area contributed by atoms with E-state index >= 15 is 0 Å². The minimum atomic E-state index is -0.347. The molecule has 1 amide bonds. The van der Waals surface area contributed by atoms with Gasteiger partial charge in [0.05, 0.1) is 12.0 Å². The van der Waals surface area contributed by atoms with E-state index in [9.17, 15) is 4.79 Å². The summed E-state index contributed by atoms with van der Waals surface area (Å²) in [5.74, 6) is 1.04. The minimum absolute atomic E-state index is 0.263. The van der Waals surface area contributed by atoms with Crippen molar-refractivity contribution in [1.29, 1.82) is 0 Å². The normalized spacial score (nSPS) is 17.1. The first-order valence-corrected chi connectivity index (χ1v) is 13.8. The fourth-order valence-corrected chi connectivity index (χ4v) is 5.26. The Labute approximate surface area is 218 Å². The van der Waals surface area contributed by atoms with E-state index in [1.165, 1.54) is 34.4 Å². The van der Waals surface area contributed by atoms with Crippen molar-refractivity contribution in [2.75, 3.05) is 13.1 Å². The second kappa shape index (κ2) is 12.1. The Morgan fingerprint density at radius 2 is 1.86 bits per heavy atom. The maximum atomic E-state index is 13.9. The number of rotatable bonds is 13. The van der Waals surface area contributed by atoms with Crippen LogP contribution in [0.15, 0.2) is 82.2 Å². The number of allylic oxidation sites excluding steroid dienone is 6. The van der Waals surface area contributed by atoms with E-state index in [2.05, 4.69) is 82.2 Å². The van der Waals surface area contributed by atoms with Crippen molar-refractivity contribution in [2.24, 2.45) is 5.41 Å². The van der Waals surface area contributed by atoms with E-state index in [1.54, 1.807) is 11.8 Å². The Bertz CT molecular complexity index is 1050. The molecular weight excluding hydrogens is 446 g/mol. The number of carbonyl (C=O) groups is 1. The SMILES string of the molecule is C=C/C(C)=C\C=C(/C)C1(C(=O)N(CCCc2cccc(C3CC3)c2)CC(=C)SC(C)=C(C)C)CC1. The predicted molar refractivity (Wildman–Crippen MR) is 153 cm³/mol.